The van der Waals surface area contributed by atoms with Crippen LogP contribution in [0.2, 0.25) is 10.0 Å². The second-order valence-electron chi connectivity index (χ2n) is 5.39. The Hall–Kier alpha value is -2.15. The summed E-state index contributed by atoms with van der Waals surface area (Å²) >= 11 is 13.1. The molecule has 1 aliphatic heterocycles. The molecule has 0 aliphatic carbocycles. The highest BCUT2D eigenvalue weighted by Crippen LogP contribution is 2.38. The molecule has 5 nitrogen and oxygen atoms in total. The summed E-state index contributed by atoms with van der Waals surface area (Å²) in [7, 11) is 3.08. The number of rotatable bonds is 3. The number of benzene rings is 2. The molecule has 0 atom stereocenters. The lowest BCUT2D eigenvalue weighted by molar-refractivity contribution is -0.121. The van der Waals surface area contributed by atoms with Crippen molar-refractivity contribution in [3.05, 3.63) is 56.9 Å². The Kier molecular flexibility index (Phi) is 5.46. The van der Waals surface area contributed by atoms with E-state index in [1.165, 1.54) is 29.8 Å². The molecule has 1 fully saturated rings. The number of methoxy groups -OCH3 is 1. The summed E-state index contributed by atoms with van der Waals surface area (Å²) in [4.78, 5) is 18.8. The molecule has 0 saturated carbocycles. The minimum absolute atomic E-state index is 0.0801. The fraction of sp³-hybridized carbons (Fsp3) is 0.111. The van der Waals surface area contributed by atoms with E-state index in [2.05, 4.69) is 4.99 Å². The number of halogens is 2. The van der Waals surface area contributed by atoms with Crippen LogP contribution in [0, 0.1) is 0 Å². The van der Waals surface area contributed by atoms with Crippen LogP contribution in [0.25, 0.3) is 6.08 Å². The average Bonchev–Trinajstić information content (AvgIpc) is 2.87. The number of phenols is 1. The number of aromatic hydroxyl groups is 1. The molecule has 0 unspecified atom stereocenters. The van der Waals surface area contributed by atoms with Crippen LogP contribution in [0.3, 0.4) is 0 Å². The van der Waals surface area contributed by atoms with E-state index in [9.17, 15) is 9.90 Å². The fourth-order valence-corrected chi connectivity index (χ4v) is 3.60. The van der Waals surface area contributed by atoms with Crippen LogP contribution in [0.1, 0.15) is 5.56 Å². The van der Waals surface area contributed by atoms with Crippen LogP contribution >= 0.6 is 35.0 Å². The molecule has 1 saturated heterocycles. The molecule has 1 N–H and O–H groups in total. The van der Waals surface area contributed by atoms with Gasteiger partial charge in [0.05, 0.1) is 17.7 Å². The van der Waals surface area contributed by atoms with Gasteiger partial charge in [0.2, 0.25) is 0 Å². The number of aliphatic imine (C=N–C) groups is 1. The van der Waals surface area contributed by atoms with Crippen molar-refractivity contribution in [1.82, 2.24) is 4.90 Å². The van der Waals surface area contributed by atoms with Crippen molar-refractivity contribution in [2.24, 2.45) is 4.99 Å². The van der Waals surface area contributed by atoms with E-state index in [-0.39, 0.29) is 17.4 Å². The molecule has 1 aliphatic rings. The Morgan fingerprint density at radius 1 is 1.19 bits per heavy atom. The maximum absolute atomic E-state index is 12.5. The molecule has 0 radical (unpaired) electrons. The van der Waals surface area contributed by atoms with Crippen molar-refractivity contribution in [1.29, 1.82) is 0 Å². The molecule has 0 aromatic heterocycles. The number of hydrogen-bond donors (Lipinski definition) is 1. The number of likely N-dealkylation sites (N-methyl/N-ethyl adjacent to an activating group) is 1. The number of hydrogen-bond acceptors (Lipinski definition) is 5. The second-order valence-corrected chi connectivity index (χ2v) is 7.27. The van der Waals surface area contributed by atoms with E-state index in [0.29, 0.717) is 31.4 Å². The predicted octanol–water partition coefficient (Wildman–Crippen LogP) is 4.94. The van der Waals surface area contributed by atoms with Gasteiger partial charge in [0, 0.05) is 28.7 Å². The zero-order chi connectivity index (χ0) is 18.8. The Morgan fingerprint density at radius 3 is 2.54 bits per heavy atom. The lowest BCUT2D eigenvalue weighted by Crippen LogP contribution is -2.23. The highest BCUT2D eigenvalue weighted by Gasteiger charge is 2.30. The summed E-state index contributed by atoms with van der Waals surface area (Å²) in [5.41, 5.74) is 1.08. The van der Waals surface area contributed by atoms with Crippen LogP contribution < -0.4 is 4.74 Å². The van der Waals surface area contributed by atoms with Crippen LogP contribution in [0.5, 0.6) is 11.5 Å². The first-order valence-electron chi connectivity index (χ1n) is 7.47. The van der Waals surface area contributed by atoms with Crippen molar-refractivity contribution < 1.29 is 14.6 Å². The van der Waals surface area contributed by atoms with Gasteiger partial charge in [-0.3, -0.25) is 9.69 Å². The molecule has 1 amide bonds. The summed E-state index contributed by atoms with van der Waals surface area (Å²) in [6.45, 7) is 0. The molecule has 8 heteroatoms. The SMILES string of the molecule is COc1cc(Cl)cc(/C=C2\SC(=Nc3ccc(Cl)cc3)N(C)C2=O)c1O. The topological polar surface area (TPSA) is 62.1 Å². The first kappa shape index (κ1) is 18.6. The third-order valence-electron chi connectivity index (χ3n) is 3.63. The zero-order valence-electron chi connectivity index (χ0n) is 13.9. The average molecular weight is 409 g/mol. The summed E-state index contributed by atoms with van der Waals surface area (Å²) in [6.07, 6.45) is 1.57. The van der Waals surface area contributed by atoms with Gasteiger partial charge < -0.3 is 9.84 Å². The molecule has 3 rings (SSSR count). The molecular formula is C18H14Cl2N2O3S. The van der Waals surface area contributed by atoms with Gasteiger partial charge in [0.25, 0.3) is 5.91 Å². The molecule has 0 spiro atoms. The normalized spacial score (nSPS) is 17.4. The summed E-state index contributed by atoms with van der Waals surface area (Å²) in [5, 5.41) is 11.8. The highest BCUT2D eigenvalue weighted by molar-refractivity contribution is 8.18. The third kappa shape index (κ3) is 3.82. The molecule has 26 heavy (non-hydrogen) atoms. The molecule has 2 aromatic carbocycles. The zero-order valence-corrected chi connectivity index (χ0v) is 16.2. The van der Waals surface area contributed by atoms with Gasteiger partial charge in [0.1, 0.15) is 0 Å². The maximum atomic E-state index is 12.5. The van der Waals surface area contributed by atoms with E-state index in [1.54, 1.807) is 43.5 Å². The van der Waals surface area contributed by atoms with E-state index in [1.807, 2.05) is 0 Å². The smallest absolute Gasteiger partial charge is 0.266 e. The molecule has 1 heterocycles. The molecule has 2 aromatic rings. The van der Waals surface area contributed by atoms with Crippen molar-refractivity contribution in [2.75, 3.05) is 14.2 Å². The van der Waals surface area contributed by atoms with E-state index in [4.69, 9.17) is 27.9 Å². The maximum Gasteiger partial charge on any atom is 0.266 e. The van der Waals surface area contributed by atoms with Crippen LogP contribution in [-0.4, -0.2) is 35.2 Å². The highest BCUT2D eigenvalue weighted by atomic mass is 35.5. The monoisotopic (exact) mass is 408 g/mol. The van der Waals surface area contributed by atoms with Crippen molar-refractivity contribution in [3.63, 3.8) is 0 Å². The van der Waals surface area contributed by atoms with E-state index in [0.717, 1.165) is 0 Å². The third-order valence-corrected chi connectivity index (χ3v) is 5.16. The Morgan fingerprint density at radius 2 is 1.88 bits per heavy atom. The first-order chi connectivity index (χ1) is 12.4. The number of ether oxygens (including phenoxy) is 1. The van der Waals surface area contributed by atoms with Gasteiger partial charge >= 0.3 is 0 Å². The second kappa shape index (κ2) is 7.61. The van der Waals surface area contributed by atoms with Crippen LogP contribution in [0.15, 0.2) is 46.3 Å². The van der Waals surface area contributed by atoms with Gasteiger partial charge in [0.15, 0.2) is 16.7 Å². The number of carbonyl (C=O) groups excluding carboxylic acids is 1. The minimum atomic E-state index is -0.221. The van der Waals surface area contributed by atoms with Crippen LogP contribution in [-0.2, 0) is 4.79 Å². The quantitative estimate of drug-likeness (QED) is 0.730. The molecule has 0 bridgehead atoms. The lowest BCUT2D eigenvalue weighted by Gasteiger charge is -2.08. The summed E-state index contributed by atoms with van der Waals surface area (Å²) < 4.78 is 5.09. The van der Waals surface area contributed by atoms with Crippen molar-refractivity contribution >= 4 is 57.8 Å². The largest absolute Gasteiger partial charge is 0.504 e. The Balaban J connectivity index is 1.95. The number of carbonyl (C=O) groups is 1. The van der Waals surface area contributed by atoms with Gasteiger partial charge in [-0.1, -0.05) is 23.2 Å². The van der Waals surface area contributed by atoms with E-state index >= 15 is 0 Å². The number of amides is 1. The number of amidine groups is 1. The predicted molar refractivity (Wildman–Crippen MR) is 107 cm³/mol. The van der Waals surface area contributed by atoms with E-state index < -0.39 is 0 Å². The number of thioether (sulfide) groups is 1. The minimum Gasteiger partial charge on any atom is -0.504 e. The Labute approximate surface area is 164 Å². The first-order valence-corrected chi connectivity index (χ1v) is 9.04. The Bertz CT molecular complexity index is 927. The van der Waals surface area contributed by atoms with Gasteiger partial charge in [-0.2, -0.15) is 0 Å². The number of nitrogens with zero attached hydrogens (tertiary/aromatic N) is 2. The van der Waals surface area contributed by atoms with Crippen molar-refractivity contribution in [2.45, 2.75) is 0 Å². The summed E-state index contributed by atoms with van der Waals surface area (Å²) in [5.74, 6) is -0.0622. The van der Waals surface area contributed by atoms with Crippen LogP contribution in [0.4, 0.5) is 5.69 Å². The van der Waals surface area contributed by atoms with Gasteiger partial charge in [-0.05, 0) is 48.2 Å². The van der Waals surface area contributed by atoms with Gasteiger partial charge in [-0.15, -0.1) is 0 Å². The fourth-order valence-electron chi connectivity index (χ4n) is 2.28. The van der Waals surface area contributed by atoms with Gasteiger partial charge in [-0.25, -0.2) is 4.99 Å². The summed E-state index contributed by atoms with van der Waals surface area (Å²) in [6, 6.07) is 10.1. The molecule has 134 valence electrons. The standard InChI is InChI=1S/C18H14Cl2N2O3S/c1-22-17(24)15(8-10-7-12(20)9-14(25-2)16(10)23)26-18(22)21-13-5-3-11(19)4-6-13/h3-9,23H,1-2H3/b15-8-,21-18?. The lowest BCUT2D eigenvalue weighted by atomic mass is 10.1. The number of phenolic OH excluding ortho intramolecular Hbond substituents is 1. The van der Waals surface area contributed by atoms with Crippen molar-refractivity contribution in [3.8, 4) is 11.5 Å². The molecular weight excluding hydrogens is 395 g/mol.